The normalized spacial score (nSPS) is 10.6. The van der Waals surface area contributed by atoms with E-state index in [0.717, 1.165) is 12.5 Å². The van der Waals surface area contributed by atoms with Crippen LogP contribution in [0.3, 0.4) is 0 Å². The number of aromatic carboxylic acids is 1. The number of nitro benzene ring substituents is 1. The molecule has 1 amide bonds. The number of carbonyl (C=O) groups is 2. The molecule has 0 heterocycles. The van der Waals surface area contributed by atoms with E-state index in [-0.39, 0.29) is 41.3 Å². The maximum absolute atomic E-state index is 12.0. The Balaban J connectivity index is 3.10. The predicted molar refractivity (Wildman–Crippen MR) is 86.8 cm³/mol. The van der Waals surface area contributed by atoms with Gasteiger partial charge in [0.25, 0.3) is 5.69 Å². The molecule has 0 aliphatic rings. The first-order valence-corrected chi connectivity index (χ1v) is 7.61. The van der Waals surface area contributed by atoms with Crippen LogP contribution in [0.25, 0.3) is 0 Å². The van der Waals surface area contributed by atoms with E-state index in [4.69, 9.17) is 0 Å². The summed E-state index contributed by atoms with van der Waals surface area (Å²) in [5, 5.41) is 22.9. The van der Waals surface area contributed by atoms with E-state index in [1.807, 2.05) is 13.8 Å². The summed E-state index contributed by atoms with van der Waals surface area (Å²) in [7, 11) is 0. The van der Waals surface area contributed by atoms with Gasteiger partial charge in [0.1, 0.15) is 5.69 Å². The molecule has 2 N–H and O–H groups in total. The molecular formula is C16H22N2O5. The maximum Gasteiger partial charge on any atom is 0.336 e. The Morgan fingerprint density at radius 1 is 1.35 bits per heavy atom. The number of nitrogens with zero attached hydrogens (tertiary/aromatic N) is 1. The van der Waals surface area contributed by atoms with Gasteiger partial charge in [-0.2, -0.15) is 0 Å². The third-order valence-corrected chi connectivity index (χ3v) is 3.52. The zero-order valence-corrected chi connectivity index (χ0v) is 13.6. The molecule has 0 radical (unpaired) electrons. The first-order valence-electron chi connectivity index (χ1n) is 7.61. The Labute approximate surface area is 134 Å². The van der Waals surface area contributed by atoms with Gasteiger partial charge in [-0.15, -0.1) is 0 Å². The molecule has 0 saturated heterocycles. The van der Waals surface area contributed by atoms with Crippen molar-refractivity contribution in [3.63, 3.8) is 0 Å². The van der Waals surface area contributed by atoms with Crippen molar-refractivity contribution in [2.24, 2.45) is 5.92 Å². The number of anilines is 1. The number of nitrogens with one attached hydrogen (secondary N) is 1. The highest BCUT2D eigenvalue weighted by Crippen LogP contribution is 2.32. The highest BCUT2D eigenvalue weighted by Gasteiger charge is 2.24. The van der Waals surface area contributed by atoms with E-state index in [9.17, 15) is 24.8 Å². The van der Waals surface area contributed by atoms with Crippen LogP contribution in [0.2, 0.25) is 0 Å². The maximum atomic E-state index is 12.0. The van der Waals surface area contributed by atoms with Crippen molar-refractivity contribution in [1.82, 2.24) is 0 Å². The summed E-state index contributed by atoms with van der Waals surface area (Å²) < 4.78 is 0. The van der Waals surface area contributed by atoms with Crippen LogP contribution in [0.4, 0.5) is 11.4 Å². The summed E-state index contributed by atoms with van der Waals surface area (Å²) in [5.74, 6) is -1.04. The Morgan fingerprint density at radius 3 is 2.48 bits per heavy atom. The number of hydrogen-bond acceptors (Lipinski definition) is 4. The molecule has 0 spiro atoms. The molecule has 0 fully saturated rings. The summed E-state index contributed by atoms with van der Waals surface area (Å²) in [4.78, 5) is 33.8. The molecule has 7 heteroatoms. The fraction of sp³-hybridized carbons (Fsp3) is 0.500. The summed E-state index contributed by atoms with van der Waals surface area (Å²) >= 11 is 0. The van der Waals surface area contributed by atoms with E-state index < -0.39 is 10.9 Å². The second-order valence-electron chi connectivity index (χ2n) is 5.74. The lowest BCUT2D eigenvalue weighted by Crippen LogP contribution is -2.16. The Kier molecular flexibility index (Phi) is 6.68. The van der Waals surface area contributed by atoms with Crippen LogP contribution >= 0.6 is 0 Å². The molecule has 126 valence electrons. The number of benzene rings is 1. The molecule has 0 saturated carbocycles. The van der Waals surface area contributed by atoms with Crippen LogP contribution in [-0.4, -0.2) is 21.9 Å². The molecule has 0 aliphatic heterocycles. The number of carbonyl (C=O) groups excluding carboxylic acids is 1. The molecule has 1 rings (SSSR count). The molecule has 0 bridgehead atoms. The van der Waals surface area contributed by atoms with Gasteiger partial charge in [-0.1, -0.05) is 27.2 Å². The first kappa shape index (κ1) is 18.6. The zero-order chi connectivity index (χ0) is 17.6. The van der Waals surface area contributed by atoms with Gasteiger partial charge in [0.2, 0.25) is 5.91 Å². The minimum Gasteiger partial charge on any atom is -0.478 e. The molecule has 0 aromatic heterocycles. The minimum absolute atomic E-state index is 0.00746. The number of nitro groups is 1. The third kappa shape index (κ3) is 5.05. The monoisotopic (exact) mass is 322 g/mol. The second-order valence-corrected chi connectivity index (χ2v) is 5.74. The fourth-order valence-corrected chi connectivity index (χ4v) is 2.37. The van der Waals surface area contributed by atoms with E-state index >= 15 is 0 Å². The van der Waals surface area contributed by atoms with Crippen LogP contribution < -0.4 is 5.32 Å². The molecule has 0 atom stereocenters. The fourth-order valence-electron chi connectivity index (χ4n) is 2.37. The van der Waals surface area contributed by atoms with E-state index in [1.54, 1.807) is 6.92 Å². The van der Waals surface area contributed by atoms with Gasteiger partial charge >= 0.3 is 5.97 Å². The van der Waals surface area contributed by atoms with Crippen molar-refractivity contribution >= 4 is 23.3 Å². The summed E-state index contributed by atoms with van der Waals surface area (Å²) in [6, 6.07) is 2.32. The summed E-state index contributed by atoms with van der Waals surface area (Å²) in [5.41, 5.74) is -0.0597. The SMILES string of the molecule is CCc1c(C(=O)O)ccc([N+](=O)[O-])c1NC(=O)CCCC(C)C. The molecule has 23 heavy (non-hydrogen) atoms. The predicted octanol–water partition coefficient (Wildman–Crippen LogP) is 3.62. The second kappa shape index (κ2) is 8.26. The van der Waals surface area contributed by atoms with Crippen molar-refractivity contribution in [3.8, 4) is 0 Å². The number of carboxylic acids is 1. The lowest BCUT2D eigenvalue weighted by molar-refractivity contribution is -0.384. The average Bonchev–Trinajstić information content (AvgIpc) is 2.45. The Hall–Kier alpha value is -2.44. The van der Waals surface area contributed by atoms with Crippen molar-refractivity contribution < 1.29 is 19.6 Å². The topological polar surface area (TPSA) is 110 Å². The molecule has 1 aromatic rings. The van der Waals surface area contributed by atoms with Crippen molar-refractivity contribution in [3.05, 3.63) is 33.4 Å². The molecular weight excluding hydrogens is 300 g/mol. The lowest BCUT2D eigenvalue weighted by Gasteiger charge is -2.13. The highest BCUT2D eigenvalue weighted by atomic mass is 16.6. The number of carboxylic acid groups (broad SMARTS) is 1. The van der Waals surface area contributed by atoms with Gasteiger partial charge in [0.15, 0.2) is 0 Å². The lowest BCUT2D eigenvalue weighted by atomic mass is 10.0. The molecule has 0 aliphatic carbocycles. The van der Waals surface area contributed by atoms with E-state index in [2.05, 4.69) is 5.32 Å². The van der Waals surface area contributed by atoms with Crippen molar-refractivity contribution in [2.75, 3.05) is 5.32 Å². The largest absolute Gasteiger partial charge is 0.478 e. The first-order chi connectivity index (χ1) is 10.8. The van der Waals surface area contributed by atoms with Gasteiger partial charge in [-0.3, -0.25) is 14.9 Å². The molecule has 0 unspecified atom stereocenters. The number of hydrogen-bond donors (Lipinski definition) is 2. The van der Waals surface area contributed by atoms with Crippen LogP contribution in [0.15, 0.2) is 12.1 Å². The smallest absolute Gasteiger partial charge is 0.336 e. The van der Waals surface area contributed by atoms with Gasteiger partial charge < -0.3 is 10.4 Å². The zero-order valence-electron chi connectivity index (χ0n) is 13.6. The van der Waals surface area contributed by atoms with Crippen molar-refractivity contribution in [2.45, 2.75) is 46.5 Å². The van der Waals surface area contributed by atoms with Gasteiger partial charge in [0.05, 0.1) is 10.5 Å². The third-order valence-electron chi connectivity index (χ3n) is 3.52. The van der Waals surface area contributed by atoms with Crippen molar-refractivity contribution in [1.29, 1.82) is 0 Å². The standard InChI is InChI=1S/C16H22N2O5/c1-4-11-12(16(20)21)8-9-13(18(22)23)15(11)17-14(19)7-5-6-10(2)3/h8-10H,4-7H2,1-3H3,(H,17,19)(H,20,21). The molecule has 7 nitrogen and oxygen atoms in total. The van der Waals surface area contributed by atoms with Crippen LogP contribution in [0.5, 0.6) is 0 Å². The van der Waals surface area contributed by atoms with Gasteiger partial charge in [0, 0.05) is 12.5 Å². The number of amides is 1. The minimum atomic E-state index is -1.17. The Morgan fingerprint density at radius 2 is 2.00 bits per heavy atom. The summed E-state index contributed by atoms with van der Waals surface area (Å²) in [6.45, 7) is 5.79. The van der Waals surface area contributed by atoms with Crippen LogP contribution in [0.1, 0.15) is 56.0 Å². The van der Waals surface area contributed by atoms with E-state index in [0.29, 0.717) is 12.3 Å². The molecule has 1 aromatic carbocycles. The van der Waals surface area contributed by atoms with Gasteiger partial charge in [-0.25, -0.2) is 4.79 Å². The van der Waals surface area contributed by atoms with E-state index in [1.165, 1.54) is 6.07 Å². The van der Waals surface area contributed by atoms with Gasteiger partial charge in [-0.05, 0) is 30.4 Å². The average molecular weight is 322 g/mol. The number of rotatable bonds is 8. The quantitative estimate of drug-likeness (QED) is 0.561. The van der Waals surface area contributed by atoms with Crippen LogP contribution in [0, 0.1) is 16.0 Å². The van der Waals surface area contributed by atoms with Crippen LogP contribution in [-0.2, 0) is 11.2 Å². The summed E-state index contributed by atoms with van der Waals surface area (Å²) in [6.07, 6.45) is 2.07. The Bertz CT molecular complexity index is 611. The highest BCUT2D eigenvalue weighted by molar-refractivity contribution is 5.98.